The van der Waals surface area contributed by atoms with E-state index in [0.29, 0.717) is 23.7 Å². The number of aliphatic hydroxyl groups is 1. The molecule has 0 bridgehead atoms. The zero-order valence-electron chi connectivity index (χ0n) is 16.6. The lowest BCUT2D eigenvalue weighted by molar-refractivity contribution is 0.1000. The first kappa shape index (κ1) is 20.1. The van der Waals surface area contributed by atoms with Crippen molar-refractivity contribution in [1.29, 1.82) is 0 Å². The van der Waals surface area contributed by atoms with Gasteiger partial charge >= 0.3 is 0 Å². The third-order valence-corrected chi connectivity index (χ3v) is 5.41. The molecule has 4 N–H and O–H groups in total. The fourth-order valence-corrected chi connectivity index (χ4v) is 3.82. The Balaban J connectivity index is 1.42. The van der Waals surface area contributed by atoms with Crippen LogP contribution in [-0.4, -0.2) is 22.5 Å². The number of nitrogens with zero attached hydrogens (tertiary/aromatic N) is 1. The zero-order chi connectivity index (χ0) is 20.9. The Morgan fingerprint density at radius 2 is 2.03 bits per heavy atom. The Morgan fingerprint density at radius 1 is 1.20 bits per heavy atom. The molecule has 2 atom stereocenters. The van der Waals surface area contributed by atoms with E-state index in [4.69, 9.17) is 10.5 Å². The van der Waals surface area contributed by atoms with Gasteiger partial charge in [0.25, 0.3) is 0 Å². The van der Waals surface area contributed by atoms with Gasteiger partial charge in [0.1, 0.15) is 5.75 Å². The monoisotopic (exact) mass is 403 g/mol. The third-order valence-electron chi connectivity index (χ3n) is 5.41. The molecule has 1 aliphatic rings. The highest BCUT2D eigenvalue weighted by Gasteiger charge is 2.21. The number of nitrogens with one attached hydrogen (secondary N) is 1. The van der Waals surface area contributed by atoms with E-state index in [1.54, 1.807) is 12.1 Å². The van der Waals surface area contributed by atoms with Crippen molar-refractivity contribution in [2.24, 2.45) is 5.73 Å². The number of ether oxygens (including phenoxy) is 1. The summed E-state index contributed by atoms with van der Waals surface area (Å²) >= 11 is 0. The van der Waals surface area contributed by atoms with Crippen molar-refractivity contribution in [3.05, 3.63) is 89.1 Å². The molecule has 0 aliphatic heterocycles. The molecule has 6 nitrogen and oxygen atoms in total. The van der Waals surface area contributed by atoms with Gasteiger partial charge in [-0.1, -0.05) is 36.4 Å². The molecule has 6 heteroatoms. The molecule has 30 heavy (non-hydrogen) atoms. The van der Waals surface area contributed by atoms with Crippen molar-refractivity contribution in [2.45, 2.75) is 31.4 Å². The maximum Gasteiger partial charge on any atom is 0.250 e. The number of carbonyl (C=O) groups excluding carboxylic acids is 1. The average Bonchev–Trinajstić information content (AvgIpc) is 2.78. The van der Waals surface area contributed by atoms with Gasteiger partial charge in [-0.15, -0.1) is 0 Å². The van der Waals surface area contributed by atoms with Crippen molar-refractivity contribution in [3.8, 4) is 11.6 Å². The highest BCUT2D eigenvalue weighted by Crippen LogP contribution is 2.33. The van der Waals surface area contributed by atoms with Gasteiger partial charge in [0.15, 0.2) is 0 Å². The van der Waals surface area contributed by atoms with E-state index in [2.05, 4.69) is 16.4 Å². The molecule has 0 spiro atoms. The molecule has 4 rings (SSSR count). The van der Waals surface area contributed by atoms with Gasteiger partial charge in [0, 0.05) is 24.8 Å². The molecule has 154 valence electrons. The van der Waals surface area contributed by atoms with Gasteiger partial charge < -0.3 is 20.9 Å². The van der Waals surface area contributed by atoms with Crippen molar-refractivity contribution < 1.29 is 14.6 Å². The van der Waals surface area contributed by atoms with Crippen LogP contribution in [0.1, 0.15) is 52.0 Å². The number of primary amides is 1. The summed E-state index contributed by atoms with van der Waals surface area (Å²) in [6, 6.07) is 19.2. The number of pyridine rings is 1. The predicted octanol–water partition coefficient (Wildman–Crippen LogP) is 3.67. The Labute approximate surface area is 175 Å². The van der Waals surface area contributed by atoms with E-state index in [9.17, 15) is 9.90 Å². The number of aromatic nitrogens is 1. The second-order valence-electron chi connectivity index (χ2n) is 7.49. The fourth-order valence-electron chi connectivity index (χ4n) is 3.82. The minimum Gasteiger partial charge on any atom is -0.439 e. The molecule has 1 aliphatic carbocycles. The third kappa shape index (κ3) is 4.67. The summed E-state index contributed by atoms with van der Waals surface area (Å²) in [7, 11) is 0. The van der Waals surface area contributed by atoms with Crippen LogP contribution in [0.25, 0.3) is 0 Å². The normalized spacial score (nSPS) is 16.5. The van der Waals surface area contributed by atoms with E-state index in [-0.39, 0.29) is 6.04 Å². The molecule has 2 unspecified atom stereocenters. The minimum absolute atomic E-state index is 0.203. The smallest absolute Gasteiger partial charge is 0.250 e. The summed E-state index contributed by atoms with van der Waals surface area (Å²) in [6.45, 7) is 0.502. The maximum absolute atomic E-state index is 11.2. The molecule has 0 fully saturated rings. The number of carbonyl (C=O) groups is 1. The Kier molecular flexibility index (Phi) is 6.07. The molecular weight excluding hydrogens is 378 g/mol. The van der Waals surface area contributed by atoms with Crippen LogP contribution in [0.2, 0.25) is 0 Å². The number of nitrogens with two attached hydrogens (primary N) is 1. The quantitative estimate of drug-likeness (QED) is 0.559. The number of fused-ring (bicyclic) bond motifs is 1. The second-order valence-corrected chi connectivity index (χ2v) is 7.49. The minimum atomic E-state index is -0.534. The van der Waals surface area contributed by atoms with E-state index < -0.39 is 12.0 Å². The van der Waals surface area contributed by atoms with Crippen LogP contribution in [0.5, 0.6) is 11.6 Å². The summed E-state index contributed by atoms with van der Waals surface area (Å²) in [5.74, 6) is 0.605. The molecule has 1 aromatic heterocycles. The van der Waals surface area contributed by atoms with Crippen molar-refractivity contribution >= 4 is 5.91 Å². The second kappa shape index (κ2) is 9.07. The number of hydrogen-bond acceptors (Lipinski definition) is 5. The largest absolute Gasteiger partial charge is 0.439 e. The molecule has 3 aromatic rings. The first-order chi connectivity index (χ1) is 14.6. The Bertz CT molecular complexity index is 1010. The van der Waals surface area contributed by atoms with E-state index in [1.807, 2.05) is 42.5 Å². The summed E-state index contributed by atoms with van der Waals surface area (Å²) in [6.07, 6.45) is 3.97. The van der Waals surface area contributed by atoms with E-state index >= 15 is 0 Å². The Morgan fingerprint density at radius 3 is 2.77 bits per heavy atom. The number of hydrogen-bond donors (Lipinski definition) is 3. The first-order valence-corrected chi connectivity index (χ1v) is 10.1. The van der Waals surface area contributed by atoms with Crippen molar-refractivity contribution in [1.82, 2.24) is 10.3 Å². The number of amides is 1. The van der Waals surface area contributed by atoms with Gasteiger partial charge in [-0.25, -0.2) is 4.98 Å². The van der Waals surface area contributed by atoms with E-state index in [0.717, 1.165) is 24.8 Å². The van der Waals surface area contributed by atoms with Crippen molar-refractivity contribution in [2.75, 3.05) is 6.54 Å². The standard InChI is InChI=1S/C24H25N3O3/c25-24(29)18-9-12-23(27-14-18)30-19-10-11-20-17(13-19)7-4-8-21(20)26-15-22(28)16-5-2-1-3-6-16/h1-3,5-6,9-14,21-22,26,28H,4,7-8,15H2,(H2,25,29). The lowest BCUT2D eigenvalue weighted by Crippen LogP contribution is -2.29. The summed E-state index contributed by atoms with van der Waals surface area (Å²) in [4.78, 5) is 15.3. The molecule has 0 radical (unpaired) electrons. The highest BCUT2D eigenvalue weighted by atomic mass is 16.5. The Hall–Kier alpha value is -3.22. The van der Waals surface area contributed by atoms with Crippen LogP contribution in [-0.2, 0) is 6.42 Å². The predicted molar refractivity (Wildman–Crippen MR) is 114 cm³/mol. The van der Waals surface area contributed by atoms with E-state index in [1.165, 1.54) is 17.3 Å². The topological polar surface area (TPSA) is 97.5 Å². The number of benzene rings is 2. The summed E-state index contributed by atoms with van der Waals surface area (Å²) in [5, 5.41) is 14.0. The lowest BCUT2D eigenvalue weighted by Gasteiger charge is -2.28. The van der Waals surface area contributed by atoms with Gasteiger partial charge in [-0.2, -0.15) is 0 Å². The summed E-state index contributed by atoms with van der Waals surface area (Å²) in [5.41, 5.74) is 8.98. The summed E-state index contributed by atoms with van der Waals surface area (Å²) < 4.78 is 5.85. The molecule has 0 saturated heterocycles. The van der Waals surface area contributed by atoms with Crippen LogP contribution in [0, 0.1) is 0 Å². The molecular formula is C24H25N3O3. The van der Waals surface area contributed by atoms with Gasteiger partial charge in [0.2, 0.25) is 11.8 Å². The van der Waals surface area contributed by atoms with Crippen LogP contribution in [0.4, 0.5) is 0 Å². The lowest BCUT2D eigenvalue weighted by atomic mass is 9.87. The van der Waals surface area contributed by atoms with Gasteiger partial charge in [-0.05, 0) is 54.2 Å². The molecule has 0 saturated carbocycles. The zero-order valence-corrected chi connectivity index (χ0v) is 16.6. The van der Waals surface area contributed by atoms with Gasteiger partial charge in [-0.3, -0.25) is 4.79 Å². The number of rotatable bonds is 7. The molecule has 2 aromatic carbocycles. The highest BCUT2D eigenvalue weighted by molar-refractivity contribution is 5.92. The van der Waals surface area contributed by atoms with Crippen LogP contribution >= 0.6 is 0 Å². The number of aryl methyl sites for hydroxylation is 1. The molecule has 1 amide bonds. The SMILES string of the molecule is NC(=O)c1ccc(Oc2ccc3c(c2)CCCC3NCC(O)c2ccccc2)nc1. The fraction of sp³-hybridized carbons (Fsp3) is 0.250. The van der Waals surface area contributed by atoms with Crippen molar-refractivity contribution in [3.63, 3.8) is 0 Å². The maximum atomic E-state index is 11.2. The van der Waals surface area contributed by atoms with Gasteiger partial charge in [0.05, 0.1) is 11.7 Å². The average molecular weight is 403 g/mol. The van der Waals surface area contributed by atoms with Crippen LogP contribution < -0.4 is 15.8 Å². The molecule has 1 heterocycles. The number of aliphatic hydroxyl groups excluding tert-OH is 1. The van der Waals surface area contributed by atoms with Crippen LogP contribution in [0.3, 0.4) is 0 Å². The van der Waals surface area contributed by atoms with Crippen LogP contribution in [0.15, 0.2) is 66.9 Å². The first-order valence-electron chi connectivity index (χ1n) is 10.1.